The fraction of sp³-hybridized carbons (Fsp3) is 0.167. The molecule has 1 aromatic heterocycles. The second kappa shape index (κ2) is 6.65. The molecule has 0 spiro atoms. The van der Waals surface area contributed by atoms with Gasteiger partial charge < -0.3 is 9.73 Å². The highest BCUT2D eigenvalue weighted by Crippen LogP contribution is 2.30. The third-order valence-electron chi connectivity index (χ3n) is 3.73. The maximum Gasteiger partial charge on any atom is 0.287 e. The van der Waals surface area contributed by atoms with Crippen molar-refractivity contribution in [3.63, 3.8) is 0 Å². The summed E-state index contributed by atoms with van der Waals surface area (Å²) in [5.74, 6) is 0.0768. The molecule has 0 aliphatic rings. The standard InChI is InChI=1S/C18H15Cl2NO2/c1-11-14-3-2-4-15(20)17(14)23-16(11)18(22)21-10-9-12-5-7-13(19)8-6-12/h2-8H,9-10H2,1H3,(H,21,22). The number of carbonyl (C=O) groups excluding carboxylic acids is 1. The summed E-state index contributed by atoms with van der Waals surface area (Å²) in [6.45, 7) is 2.38. The SMILES string of the molecule is Cc1c(C(=O)NCCc2ccc(Cl)cc2)oc2c(Cl)cccc12. The van der Waals surface area contributed by atoms with Gasteiger partial charge in [-0.25, -0.2) is 0 Å². The van der Waals surface area contributed by atoms with Gasteiger partial charge in [0.1, 0.15) is 0 Å². The summed E-state index contributed by atoms with van der Waals surface area (Å²) in [4.78, 5) is 12.3. The summed E-state index contributed by atoms with van der Waals surface area (Å²) >= 11 is 12.0. The first-order valence-corrected chi connectivity index (χ1v) is 8.02. The number of nitrogens with one attached hydrogen (secondary N) is 1. The molecule has 0 saturated heterocycles. The quantitative estimate of drug-likeness (QED) is 0.719. The third-order valence-corrected chi connectivity index (χ3v) is 4.28. The van der Waals surface area contributed by atoms with Crippen LogP contribution >= 0.6 is 23.2 Å². The van der Waals surface area contributed by atoms with Crippen LogP contribution in [0.25, 0.3) is 11.0 Å². The van der Waals surface area contributed by atoms with E-state index in [-0.39, 0.29) is 5.91 Å². The molecule has 0 radical (unpaired) electrons. The number of carbonyl (C=O) groups is 1. The van der Waals surface area contributed by atoms with Crippen LogP contribution in [0, 0.1) is 6.92 Å². The van der Waals surface area contributed by atoms with Crippen molar-refractivity contribution in [1.29, 1.82) is 0 Å². The molecule has 5 heteroatoms. The zero-order valence-electron chi connectivity index (χ0n) is 12.5. The van der Waals surface area contributed by atoms with Crippen LogP contribution in [-0.4, -0.2) is 12.5 Å². The van der Waals surface area contributed by atoms with Crippen molar-refractivity contribution in [2.45, 2.75) is 13.3 Å². The Morgan fingerprint density at radius 3 is 2.57 bits per heavy atom. The number of aryl methyl sites for hydroxylation is 1. The number of hydrogen-bond acceptors (Lipinski definition) is 2. The van der Waals surface area contributed by atoms with Crippen LogP contribution in [0.1, 0.15) is 21.7 Å². The Labute approximate surface area is 144 Å². The highest BCUT2D eigenvalue weighted by molar-refractivity contribution is 6.35. The maximum atomic E-state index is 12.3. The number of fused-ring (bicyclic) bond motifs is 1. The van der Waals surface area contributed by atoms with Crippen molar-refractivity contribution < 1.29 is 9.21 Å². The summed E-state index contributed by atoms with van der Waals surface area (Å²) in [7, 11) is 0. The van der Waals surface area contributed by atoms with E-state index in [1.54, 1.807) is 6.07 Å². The van der Waals surface area contributed by atoms with Crippen molar-refractivity contribution in [2.75, 3.05) is 6.54 Å². The minimum absolute atomic E-state index is 0.233. The van der Waals surface area contributed by atoms with E-state index >= 15 is 0 Å². The summed E-state index contributed by atoms with van der Waals surface area (Å²) in [6.07, 6.45) is 0.725. The van der Waals surface area contributed by atoms with Crippen LogP contribution in [0.2, 0.25) is 10.0 Å². The number of amides is 1. The number of rotatable bonds is 4. The van der Waals surface area contributed by atoms with Crippen molar-refractivity contribution in [1.82, 2.24) is 5.32 Å². The van der Waals surface area contributed by atoms with Crippen LogP contribution in [-0.2, 0) is 6.42 Å². The van der Waals surface area contributed by atoms with Crippen molar-refractivity contribution in [3.8, 4) is 0 Å². The van der Waals surface area contributed by atoms with Crippen LogP contribution in [0.15, 0.2) is 46.9 Å². The molecule has 0 fully saturated rings. The molecular formula is C18H15Cl2NO2. The van der Waals surface area contributed by atoms with Gasteiger partial charge in [-0.15, -0.1) is 0 Å². The van der Waals surface area contributed by atoms with E-state index < -0.39 is 0 Å². The van der Waals surface area contributed by atoms with Gasteiger partial charge in [-0.2, -0.15) is 0 Å². The van der Waals surface area contributed by atoms with Gasteiger partial charge in [0.25, 0.3) is 5.91 Å². The molecule has 3 nitrogen and oxygen atoms in total. The largest absolute Gasteiger partial charge is 0.449 e. The average Bonchev–Trinajstić information content (AvgIpc) is 2.88. The number of para-hydroxylation sites is 1. The molecule has 0 aliphatic carbocycles. The molecule has 3 aromatic rings. The lowest BCUT2D eigenvalue weighted by Crippen LogP contribution is -2.25. The summed E-state index contributed by atoms with van der Waals surface area (Å²) in [5, 5.41) is 4.94. The number of hydrogen-bond donors (Lipinski definition) is 1. The molecular weight excluding hydrogens is 333 g/mol. The van der Waals surface area contributed by atoms with E-state index in [0.717, 1.165) is 22.9 Å². The number of furan rings is 1. The van der Waals surface area contributed by atoms with Gasteiger partial charge >= 0.3 is 0 Å². The van der Waals surface area contributed by atoms with E-state index in [2.05, 4.69) is 5.32 Å². The Hall–Kier alpha value is -1.97. The first-order chi connectivity index (χ1) is 11.1. The molecule has 23 heavy (non-hydrogen) atoms. The Morgan fingerprint density at radius 1 is 1.13 bits per heavy atom. The molecule has 0 saturated carbocycles. The third kappa shape index (κ3) is 3.36. The summed E-state index contributed by atoms with van der Waals surface area (Å²) < 4.78 is 5.65. The first kappa shape index (κ1) is 15.9. The highest BCUT2D eigenvalue weighted by Gasteiger charge is 2.18. The smallest absolute Gasteiger partial charge is 0.287 e. The average molecular weight is 348 g/mol. The monoisotopic (exact) mass is 347 g/mol. The zero-order valence-corrected chi connectivity index (χ0v) is 14.0. The predicted molar refractivity (Wildman–Crippen MR) is 93.5 cm³/mol. The van der Waals surface area contributed by atoms with Gasteiger partial charge in [-0.1, -0.05) is 47.5 Å². The maximum absolute atomic E-state index is 12.3. The Balaban J connectivity index is 1.70. The molecule has 1 heterocycles. The Morgan fingerprint density at radius 2 is 1.87 bits per heavy atom. The molecule has 0 atom stereocenters. The van der Waals surface area contributed by atoms with Gasteiger partial charge in [-0.3, -0.25) is 4.79 Å². The Kier molecular flexibility index (Phi) is 4.60. The van der Waals surface area contributed by atoms with Crippen molar-refractivity contribution in [2.24, 2.45) is 0 Å². The second-order valence-corrected chi connectivity index (χ2v) is 6.15. The van der Waals surface area contributed by atoms with Crippen LogP contribution in [0.3, 0.4) is 0 Å². The van der Waals surface area contributed by atoms with E-state index in [1.165, 1.54) is 0 Å². The lowest BCUT2D eigenvalue weighted by Gasteiger charge is -2.04. The Bertz CT molecular complexity index is 853. The van der Waals surface area contributed by atoms with Gasteiger partial charge in [0.2, 0.25) is 0 Å². The fourth-order valence-electron chi connectivity index (χ4n) is 2.48. The molecule has 0 aliphatic heterocycles. The van der Waals surface area contributed by atoms with Crippen LogP contribution in [0.5, 0.6) is 0 Å². The number of benzene rings is 2. The van der Waals surface area contributed by atoms with Gasteiger partial charge in [-0.05, 0) is 37.1 Å². The summed E-state index contributed by atoms with van der Waals surface area (Å²) in [6, 6.07) is 13.0. The second-order valence-electron chi connectivity index (χ2n) is 5.31. The lowest BCUT2D eigenvalue weighted by atomic mass is 10.1. The fourth-order valence-corrected chi connectivity index (χ4v) is 2.82. The van der Waals surface area contributed by atoms with E-state index in [0.29, 0.717) is 27.9 Å². The molecule has 1 amide bonds. The predicted octanol–water partition coefficient (Wildman–Crippen LogP) is 5.02. The molecule has 0 unspecified atom stereocenters. The number of halogens is 2. The molecule has 1 N–H and O–H groups in total. The van der Waals surface area contributed by atoms with E-state index in [1.807, 2.05) is 43.3 Å². The van der Waals surface area contributed by atoms with E-state index in [9.17, 15) is 4.79 Å². The normalized spacial score (nSPS) is 10.9. The van der Waals surface area contributed by atoms with E-state index in [4.69, 9.17) is 27.6 Å². The lowest BCUT2D eigenvalue weighted by molar-refractivity contribution is 0.0928. The van der Waals surface area contributed by atoms with Crippen molar-refractivity contribution >= 4 is 40.1 Å². The molecule has 0 bridgehead atoms. The topological polar surface area (TPSA) is 42.2 Å². The van der Waals surface area contributed by atoms with Crippen molar-refractivity contribution in [3.05, 3.63) is 69.4 Å². The van der Waals surface area contributed by atoms with Crippen LogP contribution in [0.4, 0.5) is 0 Å². The van der Waals surface area contributed by atoms with Gasteiger partial charge in [0, 0.05) is 22.5 Å². The molecule has 3 rings (SSSR count). The molecule has 118 valence electrons. The minimum atomic E-state index is -0.233. The molecule has 2 aromatic carbocycles. The first-order valence-electron chi connectivity index (χ1n) is 7.26. The minimum Gasteiger partial charge on any atom is -0.449 e. The van der Waals surface area contributed by atoms with Gasteiger partial charge in [0.15, 0.2) is 11.3 Å². The summed E-state index contributed by atoms with van der Waals surface area (Å²) in [5.41, 5.74) is 2.46. The zero-order chi connectivity index (χ0) is 16.4. The van der Waals surface area contributed by atoms with Crippen LogP contribution < -0.4 is 5.32 Å². The van der Waals surface area contributed by atoms with Gasteiger partial charge in [0.05, 0.1) is 5.02 Å². The highest BCUT2D eigenvalue weighted by atomic mass is 35.5.